The van der Waals surface area contributed by atoms with Crippen molar-refractivity contribution in [2.75, 3.05) is 46.3 Å². The van der Waals surface area contributed by atoms with Crippen LogP contribution in [0.4, 0.5) is 0 Å². The van der Waals surface area contributed by atoms with Gasteiger partial charge < -0.3 is 19.4 Å². The highest BCUT2D eigenvalue weighted by molar-refractivity contribution is 5.94. The molecule has 8 nitrogen and oxygen atoms in total. The molecule has 1 aromatic heterocycles. The highest BCUT2D eigenvalue weighted by atomic mass is 16.5. The monoisotopic (exact) mass is 487 g/mol. The summed E-state index contributed by atoms with van der Waals surface area (Å²) < 4.78 is 7.45. The Morgan fingerprint density at radius 2 is 1.78 bits per heavy atom. The molecule has 2 aliphatic rings. The van der Waals surface area contributed by atoms with Gasteiger partial charge in [0.05, 0.1) is 29.9 Å². The van der Waals surface area contributed by atoms with E-state index in [0.717, 1.165) is 56.1 Å². The van der Waals surface area contributed by atoms with Crippen molar-refractivity contribution in [2.45, 2.75) is 25.5 Å². The van der Waals surface area contributed by atoms with Gasteiger partial charge >= 0.3 is 5.97 Å². The Morgan fingerprint density at radius 1 is 1.03 bits per heavy atom. The maximum Gasteiger partial charge on any atom is 0.339 e. The van der Waals surface area contributed by atoms with Gasteiger partial charge in [0.25, 0.3) is 0 Å². The number of hydrogen-bond acceptors (Lipinski definition) is 6. The summed E-state index contributed by atoms with van der Waals surface area (Å²) >= 11 is 0. The number of amides is 1. The minimum Gasteiger partial charge on any atom is -0.453 e. The maximum atomic E-state index is 13.6. The first-order valence-electron chi connectivity index (χ1n) is 12.7. The fourth-order valence-electron chi connectivity index (χ4n) is 4.96. The number of ether oxygens (including phenoxy) is 1. The van der Waals surface area contributed by atoms with Crippen LogP contribution in [-0.4, -0.2) is 82.7 Å². The second-order valence-corrected chi connectivity index (χ2v) is 9.57. The summed E-state index contributed by atoms with van der Waals surface area (Å²) in [5.74, 6) is -0.379. The first-order chi connectivity index (χ1) is 17.6. The number of benzene rings is 2. The van der Waals surface area contributed by atoms with Gasteiger partial charge in [-0.2, -0.15) is 5.10 Å². The third-order valence-corrected chi connectivity index (χ3v) is 7.06. The summed E-state index contributed by atoms with van der Waals surface area (Å²) in [7, 11) is 2.15. The van der Waals surface area contributed by atoms with E-state index in [-0.39, 0.29) is 18.3 Å². The SMILES string of the molecule is CN1CCN(CCCN(Cc2ccnn2-c2ccccc2)C(=O)CC2OC(=O)c3ccccc32)CC1. The molecule has 1 amide bonds. The van der Waals surface area contributed by atoms with E-state index in [2.05, 4.69) is 21.9 Å². The molecule has 5 rings (SSSR count). The van der Waals surface area contributed by atoms with Crippen LogP contribution in [0, 0.1) is 0 Å². The van der Waals surface area contributed by atoms with Crippen molar-refractivity contribution in [3.8, 4) is 5.69 Å². The van der Waals surface area contributed by atoms with Crippen LogP contribution in [0.1, 0.15) is 40.6 Å². The van der Waals surface area contributed by atoms with Crippen molar-refractivity contribution in [1.82, 2.24) is 24.5 Å². The average molecular weight is 488 g/mol. The number of carbonyl (C=O) groups excluding carboxylic acids is 2. The highest BCUT2D eigenvalue weighted by Crippen LogP contribution is 2.33. The molecular weight excluding hydrogens is 454 g/mol. The predicted octanol–water partition coefficient (Wildman–Crippen LogP) is 3.14. The molecule has 0 saturated carbocycles. The lowest BCUT2D eigenvalue weighted by molar-refractivity contribution is -0.134. The largest absolute Gasteiger partial charge is 0.453 e. The molecule has 0 radical (unpaired) electrons. The summed E-state index contributed by atoms with van der Waals surface area (Å²) in [5, 5.41) is 4.50. The smallest absolute Gasteiger partial charge is 0.339 e. The molecule has 36 heavy (non-hydrogen) atoms. The first kappa shape index (κ1) is 24.2. The molecule has 1 saturated heterocycles. The number of para-hydroxylation sites is 1. The van der Waals surface area contributed by atoms with Gasteiger partial charge in [-0.15, -0.1) is 0 Å². The number of aromatic nitrogens is 2. The standard InChI is InChI=1S/C28H33N5O3/c1-30-16-18-31(19-17-30)14-7-15-32(21-23-12-13-29-33(23)22-8-3-2-4-9-22)27(34)20-26-24-10-5-6-11-25(24)28(35)36-26/h2-6,8-13,26H,7,14-21H2,1H3. The van der Waals surface area contributed by atoms with Crippen LogP contribution in [0.25, 0.3) is 5.69 Å². The first-order valence-corrected chi connectivity index (χ1v) is 12.7. The fourth-order valence-corrected chi connectivity index (χ4v) is 4.96. The van der Waals surface area contributed by atoms with Gasteiger partial charge in [0, 0.05) is 44.5 Å². The van der Waals surface area contributed by atoms with E-state index in [1.165, 1.54) is 0 Å². The Labute approximate surface area is 212 Å². The number of esters is 1. The average Bonchev–Trinajstić information content (AvgIpc) is 3.49. The number of carbonyl (C=O) groups is 2. The van der Waals surface area contributed by atoms with Crippen molar-refractivity contribution in [3.05, 3.63) is 83.7 Å². The number of nitrogens with zero attached hydrogens (tertiary/aromatic N) is 5. The van der Waals surface area contributed by atoms with E-state index in [1.54, 1.807) is 12.3 Å². The van der Waals surface area contributed by atoms with Gasteiger partial charge in [-0.25, -0.2) is 9.48 Å². The van der Waals surface area contributed by atoms with Gasteiger partial charge in [-0.05, 0) is 44.3 Å². The van der Waals surface area contributed by atoms with Crippen LogP contribution < -0.4 is 0 Å². The molecule has 1 fully saturated rings. The van der Waals surface area contributed by atoms with E-state index in [0.29, 0.717) is 18.7 Å². The second kappa shape index (κ2) is 11.1. The number of hydrogen-bond donors (Lipinski definition) is 0. The lowest BCUT2D eigenvalue weighted by atomic mass is 10.0. The predicted molar refractivity (Wildman–Crippen MR) is 137 cm³/mol. The zero-order chi connectivity index (χ0) is 24.9. The van der Waals surface area contributed by atoms with E-state index in [1.807, 2.05) is 64.2 Å². The molecule has 2 aliphatic heterocycles. The van der Waals surface area contributed by atoms with Gasteiger partial charge in [0.15, 0.2) is 0 Å². The van der Waals surface area contributed by atoms with Crippen molar-refractivity contribution in [3.63, 3.8) is 0 Å². The molecule has 0 N–H and O–H groups in total. The lowest BCUT2D eigenvalue weighted by Crippen LogP contribution is -2.45. The Hall–Kier alpha value is -3.49. The van der Waals surface area contributed by atoms with E-state index >= 15 is 0 Å². The van der Waals surface area contributed by atoms with Gasteiger partial charge in [-0.3, -0.25) is 4.79 Å². The van der Waals surface area contributed by atoms with Crippen LogP contribution in [-0.2, 0) is 16.1 Å². The molecule has 2 aromatic carbocycles. The Balaban J connectivity index is 1.30. The third-order valence-electron chi connectivity index (χ3n) is 7.06. The molecule has 0 bridgehead atoms. The summed E-state index contributed by atoms with van der Waals surface area (Å²) in [6.45, 7) is 6.29. The molecule has 3 heterocycles. The Morgan fingerprint density at radius 3 is 2.58 bits per heavy atom. The molecular formula is C28H33N5O3. The van der Waals surface area contributed by atoms with E-state index in [9.17, 15) is 9.59 Å². The number of fused-ring (bicyclic) bond motifs is 1. The third kappa shape index (κ3) is 5.50. The number of cyclic esters (lactones) is 1. The fraction of sp³-hybridized carbons (Fsp3) is 0.393. The summed E-state index contributed by atoms with van der Waals surface area (Å²) in [5.41, 5.74) is 3.25. The van der Waals surface area contributed by atoms with Crippen LogP contribution in [0.2, 0.25) is 0 Å². The van der Waals surface area contributed by atoms with Crippen LogP contribution in [0.3, 0.4) is 0 Å². The quantitative estimate of drug-likeness (QED) is 0.432. The van der Waals surface area contributed by atoms with Crippen LogP contribution >= 0.6 is 0 Å². The van der Waals surface area contributed by atoms with Gasteiger partial charge in [-0.1, -0.05) is 36.4 Å². The topological polar surface area (TPSA) is 70.9 Å². The van der Waals surface area contributed by atoms with Crippen LogP contribution in [0.15, 0.2) is 66.9 Å². The van der Waals surface area contributed by atoms with E-state index in [4.69, 9.17) is 4.74 Å². The van der Waals surface area contributed by atoms with Gasteiger partial charge in [0.2, 0.25) is 5.91 Å². The molecule has 0 spiro atoms. The van der Waals surface area contributed by atoms with Crippen molar-refractivity contribution < 1.29 is 14.3 Å². The van der Waals surface area contributed by atoms with Crippen LogP contribution in [0.5, 0.6) is 0 Å². The number of rotatable bonds is 9. The van der Waals surface area contributed by atoms with Crippen molar-refractivity contribution in [1.29, 1.82) is 0 Å². The summed E-state index contributed by atoms with van der Waals surface area (Å²) in [6, 6.07) is 19.2. The Bertz CT molecular complexity index is 1190. The molecule has 1 unspecified atom stereocenters. The van der Waals surface area contributed by atoms with E-state index < -0.39 is 6.10 Å². The number of piperazine rings is 1. The van der Waals surface area contributed by atoms with Gasteiger partial charge in [0.1, 0.15) is 6.10 Å². The second-order valence-electron chi connectivity index (χ2n) is 9.57. The molecule has 188 valence electrons. The zero-order valence-electron chi connectivity index (χ0n) is 20.8. The Kier molecular flexibility index (Phi) is 7.44. The minimum absolute atomic E-state index is 0.0244. The number of likely N-dealkylation sites (N-methyl/N-ethyl adjacent to an activating group) is 1. The summed E-state index contributed by atoms with van der Waals surface area (Å²) in [6.07, 6.45) is 2.25. The highest BCUT2D eigenvalue weighted by Gasteiger charge is 2.33. The minimum atomic E-state index is -0.541. The van der Waals surface area contributed by atoms with Crippen molar-refractivity contribution >= 4 is 11.9 Å². The summed E-state index contributed by atoms with van der Waals surface area (Å²) in [4.78, 5) is 32.6. The maximum absolute atomic E-state index is 13.6. The zero-order valence-corrected chi connectivity index (χ0v) is 20.8. The normalized spacial score (nSPS) is 18.1. The molecule has 1 atom stereocenters. The molecule has 0 aliphatic carbocycles. The molecule has 3 aromatic rings. The molecule has 8 heteroatoms. The van der Waals surface area contributed by atoms with Crippen molar-refractivity contribution in [2.24, 2.45) is 0 Å². The lowest BCUT2D eigenvalue weighted by Gasteiger charge is -2.33.